The summed E-state index contributed by atoms with van der Waals surface area (Å²) in [5.41, 5.74) is 1.63. The van der Waals surface area contributed by atoms with E-state index >= 15 is 0 Å². The number of nitrogens with zero attached hydrogens (tertiary/aromatic N) is 1. The molecule has 4 nitrogen and oxygen atoms in total. The number of esters is 1. The second kappa shape index (κ2) is 8.90. The second-order valence-corrected chi connectivity index (χ2v) is 8.68. The van der Waals surface area contributed by atoms with Gasteiger partial charge in [0, 0.05) is 16.0 Å². The molecule has 1 aromatic heterocycles. The maximum Gasteiger partial charge on any atom is 0.309 e. The van der Waals surface area contributed by atoms with Crippen LogP contribution in [0.25, 0.3) is 22.7 Å². The highest BCUT2D eigenvalue weighted by atomic mass is 79.9. The monoisotopic (exact) mass is 491 g/mol. The molecule has 0 bridgehead atoms. The van der Waals surface area contributed by atoms with E-state index < -0.39 is 5.82 Å². The van der Waals surface area contributed by atoms with Crippen LogP contribution in [0.5, 0.6) is 0 Å². The van der Waals surface area contributed by atoms with Crippen molar-refractivity contribution < 1.29 is 18.3 Å². The lowest BCUT2D eigenvalue weighted by atomic mass is 9.77. The molecule has 0 spiro atoms. The van der Waals surface area contributed by atoms with Crippen LogP contribution in [-0.2, 0) is 9.53 Å². The number of rotatable bonds is 4. The largest absolute Gasteiger partial charge is 0.469 e. The molecule has 0 N–H and O–H groups in total. The number of ether oxygens (including phenoxy) is 1. The zero-order valence-electron chi connectivity index (χ0n) is 16.3. The number of oxazole rings is 1. The van der Waals surface area contributed by atoms with E-state index in [1.807, 2.05) is 24.3 Å². The Bertz CT molecular complexity index is 1070. The predicted molar refractivity (Wildman–Crippen MR) is 117 cm³/mol. The van der Waals surface area contributed by atoms with Crippen molar-refractivity contribution in [1.82, 2.24) is 4.98 Å². The minimum absolute atomic E-state index is 0.00236. The molecule has 1 saturated carbocycles. The molecule has 1 aliphatic rings. The zero-order chi connectivity index (χ0) is 21.3. The molecule has 7 heteroatoms. The topological polar surface area (TPSA) is 52.3 Å². The molecule has 30 heavy (non-hydrogen) atoms. The Kier molecular flexibility index (Phi) is 6.25. The van der Waals surface area contributed by atoms with E-state index in [-0.39, 0.29) is 34.3 Å². The molecule has 0 saturated heterocycles. The molecule has 0 unspecified atom stereocenters. The van der Waals surface area contributed by atoms with Gasteiger partial charge in [0.2, 0.25) is 5.89 Å². The Morgan fingerprint density at radius 3 is 2.67 bits per heavy atom. The molecule has 2 aromatic carbocycles. The van der Waals surface area contributed by atoms with Gasteiger partial charge in [-0.3, -0.25) is 4.79 Å². The molecule has 156 valence electrons. The van der Waals surface area contributed by atoms with E-state index in [0.717, 1.165) is 35.7 Å². The summed E-state index contributed by atoms with van der Waals surface area (Å²) in [6.07, 6.45) is 3.42. The predicted octanol–water partition coefficient (Wildman–Crippen LogP) is 7.01. The van der Waals surface area contributed by atoms with Crippen molar-refractivity contribution in [3.63, 3.8) is 0 Å². The summed E-state index contributed by atoms with van der Waals surface area (Å²) in [5.74, 6) is -0.606. The fraction of sp³-hybridized carbons (Fsp3) is 0.304. The Labute approximate surface area is 187 Å². The summed E-state index contributed by atoms with van der Waals surface area (Å²) in [7, 11) is 1.40. The Balaban J connectivity index is 1.87. The first-order valence-corrected chi connectivity index (χ1v) is 11.0. The Morgan fingerprint density at radius 1 is 1.20 bits per heavy atom. The van der Waals surface area contributed by atoms with Gasteiger partial charge in [-0.15, -0.1) is 0 Å². The summed E-state index contributed by atoms with van der Waals surface area (Å²) < 4.78 is 26.8. The highest BCUT2D eigenvalue weighted by molar-refractivity contribution is 9.10. The number of halogens is 3. The molecule has 1 aliphatic carbocycles. The van der Waals surface area contributed by atoms with Gasteiger partial charge in [-0.2, -0.15) is 0 Å². The third-order valence-electron chi connectivity index (χ3n) is 5.56. The molecular formula is C23H20BrClFNO3. The van der Waals surface area contributed by atoms with E-state index in [0.29, 0.717) is 11.5 Å². The summed E-state index contributed by atoms with van der Waals surface area (Å²) >= 11 is 9.41. The van der Waals surface area contributed by atoms with Crippen LogP contribution in [-0.4, -0.2) is 18.1 Å². The van der Waals surface area contributed by atoms with E-state index in [9.17, 15) is 9.18 Å². The highest BCUT2D eigenvalue weighted by Crippen LogP contribution is 2.44. The first-order valence-electron chi connectivity index (χ1n) is 9.78. The third kappa shape index (κ3) is 4.03. The minimum Gasteiger partial charge on any atom is -0.469 e. The van der Waals surface area contributed by atoms with Gasteiger partial charge in [0.25, 0.3) is 0 Å². The van der Waals surface area contributed by atoms with Gasteiger partial charge in [0.05, 0.1) is 23.6 Å². The Morgan fingerprint density at radius 2 is 1.93 bits per heavy atom. The standard InChI is InChI=1S/C23H20BrClFNO3/c1-29-23(28)16-6-3-2-5-15(16)21-20(13-9-11-14(24)12-10-13)27-22(30-21)17-7-4-8-18(25)19(17)26/h4,7-12,15-16H,2-3,5-6H2,1H3/t15-,16-/m1/s1. The van der Waals surface area contributed by atoms with Gasteiger partial charge in [-0.1, -0.05) is 58.6 Å². The van der Waals surface area contributed by atoms with E-state index in [4.69, 9.17) is 20.8 Å². The number of hydrogen-bond acceptors (Lipinski definition) is 4. The lowest BCUT2D eigenvalue weighted by Crippen LogP contribution is -2.26. The fourth-order valence-corrected chi connectivity index (χ4v) is 4.50. The van der Waals surface area contributed by atoms with Crippen LogP contribution in [0.15, 0.2) is 51.4 Å². The number of carbonyl (C=O) groups is 1. The molecule has 4 rings (SSSR count). The lowest BCUT2D eigenvalue weighted by Gasteiger charge is -2.28. The van der Waals surface area contributed by atoms with Crippen LogP contribution < -0.4 is 0 Å². The average Bonchev–Trinajstić information content (AvgIpc) is 3.20. The summed E-state index contributed by atoms with van der Waals surface area (Å²) in [4.78, 5) is 17.1. The molecular weight excluding hydrogens is 473 g/mol. The summed E-state index contributed by atoms with van der Waals surface area (Å²) in [6.45, 7) is 0. The van der Waals surface area contributed by atoms with Crippen LogP contribution in [0, 0.1) is 11.7 Å². The maximum absolute atomic E-state index is 14.7. The van der Waals surface area contributed by atoms with Gasteiger partial charge in [0.1, 0.15) is 11.5 Å². The first kappa shape index (κ1) is 21.1. The van der Waals surface area contributed by atoms with Crippen LogP contribution in [0.4, 0.5) is 4.39 Å². The minimum atomic E-state index is -0.581. The van der Waals surface area contributed by atoms with Crippen molar-refractivity contribution >= 4 is 33.5 Å². The Hall–Kier alpha value is -2.18. The molecule has 0 aliphatic heterocycles. The number of aromatic nitrogens is 1. The highest BCUT2D eigenvalue weighted by Gasteiger charge is 2.37. The maximum atomic E-state index is 14.7. The van der Waals surface area contributed by atoms with Gasteiger partial charge < -0.3 is 9.15 Å². The van der Waals surface area contributed by atoms with E-state index in [2.05, 4.69) is 20.9 Å². The van der Waals surface area contributed by atoms with Crippen molar-refractivity contribution in [1.29, 1.82) is 0 Å². The van der Waals surface area contributed by atoms with Crippen LogP contribution in [0.1, 0.15) is 37.4 Å². The first-order chi connectivity index (χ1) is 14.5. The van der Waals surface area contributed by atoms with Gasteiger partial charge in [-0.05, 0) is 37.1 Å². The van der Waals surface area contributed by atoms with Crippen LogP contribution in [0.2, 0.25) is 5.02 Å². The molecule has 1 heterocycles. The summed E-state index contributed by atoms with van der Waals surface area (Å²) in [5, 5.41) is 0.00236. The number of hydrogen-bond donors (Lipinski definition) is 0. The quantitative estimate of drug-likeness (QED) is 0.368. The van der Waals surface area contributed by atoms with E-state index in [1.165, 1.54) is 13.2 Å². The zero-order valence-corrected chi connectivity index (χ0v) is 18.7. The molecule has 0 radical (unpaired) electrons. The molecule has 0 amide bonds. The van der Waals surface area contributed by atoms with Crippen molar-refractivity contribution in [2.75, 3.05) is 7.11 Å². The van der Waals surface area contributed by atoms with Gasteiger partial charge in [-0.25, -0.2) is 9.37 Å². The van der Waals surface area contributed by atoms with Crippen molar-refractivity contribution in [2.24, 2.45) is 5.92 Å². The van der Waals surface area contributed by atoms with Gasteiger partial charge in [0.15, 0.2) is 5.82 Å². The average molecular weight is 493 g/mol. The SMILES string of the molecule is COC(=O)[C@@H]1CCCC[C@H]1c1oc(-c2cccc(Cl)c2F)nc1-c1ccc(Br)cc1. The van der Waals surface area contributed by atoms with Crippen LogP contribution >= 0.6 is 27.5 Å². The normalized spacial score (nSPS) is 18.9. The second-order valence-electron chi connectivity index (χ2n) is 7.36. The number of carbonyl (C=O) groups excluding carboxylic acids is 1. The number of benzene rings is 2. The molecule has 1 fully saturated rings. The van der Waals surface area contributed by atoms with Crippen molar-refractivity contribution in [2.45, 2.75) is 31.6 Å². The molecule has 3 aromatic rings. The fourth-order valence-electron chi connectivity index (χ4n) is 4.06. The van der Waals surface area contributed by atoms with Gasteiger partial charge >= 0.3 is 5.97 Å². The third-order valence-corrected chi connectivity index (χ3v) is 6.38. The number of methoxy groups -OCH3 is 1. The summed E-state index contributed by atoms with van der Waals surface area (Å²) in [6, 6.07) is 12.4. The van der Waals surface area contributed by atoms with Crippen molar-refractivity contribution in [3.05, 3.63) is 63.5 Å². The smallest absolute Gasteiger partial charge is 0.309 e. The lowest BCUT2D eigenvalue weighted by molar-refractivity contribution is -0.147. The van der Waals surface area contributed by atoms with Crippen LogP contribution in [0.3, 0.4) is 0 Å². The van der Waals surface area contributed by atoms with E-state index in [1.54, 1.807) is 12.1 Å². The van der Waals surface area contributed by atoms with Crippen molar-refractivity contribution in [3.8, 4) is 22.7 Å². The molecule has 2 atom stereocenters.